The normalized spacial score (nSPS) is 22.9. The van der Waals surface area contributed by atoms with Gasteiger partial charge in [-0.2, -0.15) is 0 Å². The van der Waals surface area contributed by atoms with E-state index >= 15 is 0 Å². The van der Waals surface area contributed by atoms with E-state index < -0.39 is 57.9 Å². The number of hydrogen-bond acceptors (Lipinski definition) is 4. The maximum Gasteiger partial charge on any atom is 0.216 e. The summed E-state index contributed by atoms with van der Waals surface area (Å²) < 4.78 is 108. The summed E-state index contributed by atoms with van der Waals surface area (Å²) in [5.41, 5.74) is 4.07. The van der Waals surface area contributed by atoms with Crippen LogP contribution >= 0.6 is 0 Å². The van der Waals surface area contributed by atoms with Crippen LogP contribution in [0.2, 0.25) is 19.6 Å². The Kier molecular flexibility index (Phi) is 8.56. The van der Waals surface area contributed by atoms with Crippen molar-refractivity contribution in [3.05, 3.63) is 132 Å². The molecule has 3 aromatic carbocycles. The molecule has 1 radical (unpaired) electrons. The van der Waals surface area contributed by atoms with Gasteiger partial charge in [0.2, 0.25) is 5.71 Å². The van der Waals surface area contributed by atoms with Crippen LogP contribution < -0.4 is 5.19 Å². The van der Waals surface area contributed by atoms with Crippen molar-refractivity contribution >= 4 is 35.3 Å². The van der Waals surface area contributed by atoms with E-state index in [1.54, 1.807) is 24.4 Å². The Hall–Kier alpha value is -4.22. The molecule has 4 heterocycles. The number of fused-ring (bicyclic) bond motifs is 6. The molecule has 2 bridgehead atoms. The van der Waals surface area contributed by atoms with Crippen molar-refractivity contribution in [2.75, 3.05) is 0 Å². The van der Waals surface area contributed by atoms with Gasteiger partial charge < -0.3 is 14.4 Å². The van der Waals surface area contributed by atoms with E-state index in [0.717, 1.165) is 79.8 Å². The average Bonchev–Trinajstić information content (AvgIpc) is 4.03. The zero-order valence-electron chi connectivity index (χ0n) is 45.2. The third kappa shape index (κ3) is 8.71. The molecule has 0 amide bonds. The van der Waals surface area contributed by atoms with E-state index in [4.69, 9.17) is 18.1 Å². The van der Waals surface area contributed by atoms with Gasteiger partial charge in [0.15, 0.2) is 0 Å². The quantitative estimate of drug-likeness (QED) is 0.112. The zero-order chi connectivity index (χ0) is 49.4. The van der Waals surface area contributed by atoms with Gasteiger partial charge in [-0.15, -0.1) is 48.0 Å². The molecule has 0 saturated heterocycles. The van der Waals surface area contributed by atoms with E-state index in [9.17, 15) is 2.74 Å². The number of hydrogen-bond donors (Lipinski definition) is 0. The molecule has 1 atom stereocenters. The minimum absolute atomic E-state index is 0. The Labute approximate surface area is 376 Å². The van der Waals surface area contributed by atoms with Gasteiger partial charge in [0.05, 0.1) is 20.5 Å². The second-order valence-electron chi connectivity index (χ2n) is 16.9. The van der Waals surface area contributed by atoms with Crippen LogP contribution in [0.1, 0.15) is 91.1 Å². The van der Waals surface area contributed by atoms with E-state index in [1.807, 2.05) is 36.5 Å². The first-order chi connectivity index (χ1) is 32.6. The fourth-order valence-corrected chi connectivity index (χ4v) is 10.5. The summed E-state index contributed by atoms with van der Waals surface area (Å²) in [5.74, 6) is 0.929. The summed E-state index contributed by atoms with van der Waals surface area (Å²) in [6, 6.07) is 21.7. The number of rotatable bonds is 8. The summed E-state index contributed by atoms with van der Waals surface area (Å²) in [7, 11) is -1.68. The van der Waals surface area contributed by atoms with Crippen LogP contribution in [0, 0.1) is 42.7 Å². The number of pyridine rings is 3. The second-order valence-corrected chi connectivity index (χ2v) is 21.9. The van der Waals surface area contributed by atoms with Crippen molar-refractivity contribution in [1.82, 2.24) is 15.0 Å². The molecular weight excluding hydrogens is 903 g/mol. The fourth-order valence-electron chi connectivity index (χ4n) is 9.06. The fraction of sp³-hybridized carbons (Fsp3) is 0.365. The van der Waals surface area contributed by atoms with Crippen LogP contribution in [0.4, 0.5) is 0 Å². The zero-order valence-corrected chi connectivity index (χ0v) is 36.6. The summed E-state index contributed by atoms with van der Waals surface area (Å²) in [6.07, 6.45) is 10.2. The SMILES string of the molecule is [2H]C([2H])(c1cc(-c2[c-]cccc2)ncc1[Si](C)(C)C)C1CCCC1.[2H]c1c([2H])c([2H])c(-c2c[c-]c(-c3cc(C([2H])([2H])C4CC5CCC4CC5)ccn3)c3oc4nc(C([2H])([2H])[2H])ccc4c23)c([2H])c1[2H].[Ir]. The molecular formula is C52H55IrN3OSi-2. The van der Waals surface area contributed by atoms with Crippen molar-refractivity contribution in [3.8, 4) is 33.6 Å². The van der Waals surface area contributed by atoms with Crippen molar-refractivity contribution in [1.29, 1.82) is 0 Å². The molecule has 299 valence electrons. The first-order valence-corrected chi connectivity index (χ1v) is 23.9. The number of furan rings is 1. The molecule has 0 N–H and O–H groups in total. The van der Waals surface area contributed by atoms with E-state index in [1.165, 1.54) is 12.1 Å². The molecule has 4 aromatic heterocycles. The minimum atomic E-state index is -2.50. The first kappa shape index (κ1) is 28.3. The van der Waals surface area contributed by atoms with E-state index in [-0.39, 0.29) is 60.1 Å². The molecule has 58 heavy (non-hydrogen) atoms. The molecule has 1 unspecified atom stereocenters. The predicted molar refractivity (Wildman–Crippen MR) is 238 cm³/mol. The minimum Gasteiger partial charge on any atom is -0.486 e. The third-order valence-electron chi connectivity index (χ3n) is 12.0. The summed E-state index contributed by atoms with van der Waals surface area (Å²) in [4.78, 5) is 13.5. The Bertz CT molecular complexity index is 3040. The Morgan fingerprint density at radius 2 is 1.72 bits per heavy atom. The molecule has 6 heteroatoms. The topological polar surface area (TPSA) is 51.8 Å². The van der Waals surface area contributed by atoms with Crippen molar-refractivity contribution in [2.45, 2.75) is 97.0 Å². The largest absolute Gasteiger partial charge is 0.486 e. The van der Waals surface area contributed by atoms with E-state index in [0.29, 0.717) is 39.4 Å². The van der Waals surface area contributed by atoms with Crippen molar-refractivity contribution in [3.63, 3.8) is 0 Å². The van der Waals surface area contributed by atoms with Gasteiger partial charge in [0.25, 0.3) is 0 Å². The third-order valence-corrected chi connectivity index (χ3v) is 14.0. The van der Waals surface area contributed by atoms with Gasteiger partial charge >= 0.3 is 0 Å². The maximum absolute atomic E-state index is 9.21. The molecule has 4 aliphatic carbocycles. The summed E-state index contributed by atoms with van der Waals surface area (Å²) in [5, 5.41) is 1.90. The molecule has 4 saturated carbocycles. The molecule has 7 aromatic rings. The molecule has 0 aliphatic heterocycles. The first-order valence-electron chi connectivity index (χ1n) is 26.4. The molecule has 11 rings (SSSR count). The Morgan fingerprint density at radius 3 is 2.45 bits per heavy atom. The van der Waals surface area contributed by atoms with Gasteiger partial charge in [0, 0.05) is 53.2 Å². The second kappa shape index (κ2) is 17.6. The molecule has 0 spiro atoms. The predicted octanol–water partition coefficient (Wildman–Crippen LogP) is 13.0. The standard InChI is InChI=1S/C32H29N2O.C20H26NSi.Ir/c1-20-7-12-28-30-26(24-5-3-2-4-6-24)13-14-27(31(30)35-32(28)34-20)29-19-22(15-16-33-29)18-25-17-21-8-10-23(25)11-9-21;1-22(2,3)20-15-21-19(17-11-5-4-6-12-17)14-18(20)13-16-9-7-8-10-16;/h2-7,12-13,15-16,19,21,23,25H,8-11,17-18H2,1H3;4-6,11,14-16H,7-10,13H2,1-3H3;/q2*-1;/i1D3,2D,3D,4D,5D,6D,18D2;13D2;. The van der Waals surface area contributed by atoms with Crippen LogP contribution in [-0.4, -0.2) is 23.0 Å². The summed E-state index contributed by atoms with van der Waals surface area (Å²) >= 11 is 0. The maximum atomic E-state index is 9.21. The Balaban J connectivity index is 0.000000223. The smallest absolute Gasteiger partial charge is 0.216 e. The van der Waals surface area contributed by atoms with Crippen LogP contribution in [0.5, 0.6) is 0 Å². The summed E-state index contributed by atoms with van der Waals surface area (Å²) in [6.45, 7) is 4.31. The molecule has 4 fully saturated rings. The number of nitrogens with zero attached hydrogens (tertiary/aromatic N) is 3. The van der Waals surface area contributed by atoms with Gasteiger partial charge in [0.1, 0.15) is 0 Å². The molecule has 4 aliphatic rings. The van der Waals surface area contributed by atoms with Crippen molar-refractivity contribution < 1.29 is 41.0 Å². The number of aromatic nitrogens is 3. The van der Waals surface area contributed by atoms with Crippen LogP contribution in [0.3, 0.4) is 0 Å². The van der Waals surface area contributed by atoms with Gasteiger partial charge in [-0.05, 0) is 103 Å². The van der Waals surface area contributed by atoms with Crippen LogP contribution in [0.25, 0.3) is 55.7 Å². The number of aryl methyl sites for hydroxylation is 1. The van der Waals surface area contributed by atoms with E-state index in [2.05, 4.69) is 46.7 Å². The van der Waals surface area contributed by atoms with Gasteiger partial charge in [-0.3, -0.25) is 0 Å². The van der Waals surface area contributed by atoms with Gasteiger partial charge in [-0.1, -0.05) is 128 Å². The molecule has 4 nitrogen and oxygen atoms in total. The number of benzene rings is 3. The van der Waals surface area contributed by atoms with Crippen molar-refractivity contribution in [2.24, 2.45) is 23.7 Å². The van der Waals surface area contributed by atoms with Gasteiger partial charge in [-0.25, -0.2) is 4.98 Å². The van der Waals surface area contributed by atoms with Crippen LogP contribution in [0.15, 0.2) is 108 Å². The average molecular weight is 970 g/mol. The monoisotopic (exact) mass is 970 g/mol. The van der Waals surface area contributed by atoms with Crippen LogP contribution in [-0.2, 0) is 32.9 Å². The Morgan fingerprint density at radius 1 is 0.897 bits per heavy atom.